The molecular weight excluding hydrogens is 318 g/mol. The van der Waals surface area contributed by atoms with Gasteiger partial charge in [-0.1, -0.05) is 24.8 Å². The Morgan fingerprint density at radius 2 is 1.76 bits per heavy atom. The summed E-state index contributed by atoms with van der Waals surface area (Å²) in [6, 6.07) is 12.0. The summed E-state index contributed by atoms with van der Waals surface area (Å²) < 4.78 is 22.0. The molecule has 132 valence electrons. The van der Waals surface area contributed by atoms with Gasteiger partial charge < -0.3 is 24.3 Å². The van der Waals surface area contributed by atoms with Crippen molar-refractivity contribution in [1.82, 2.24) is 5.32 Å². The highest BCUT2D eigenvalue weighted by Crippen LogP contribution is 2.32. The van der Waals surface area contributed by atoms with Gasteiger partial charge in [-0.15, -0.1) is 0 Å². The van der Waals surface area contributed by atoms with E-state index in [4.69, 9.17) is 18.9 Å². The first-order valence-electron chi connectivity index (χ1n) is 8.39. The molecule has 1 heterocycles. The van der Waals surface area contributed by atoms with Crippen LogP contribution in [0.25, 0.3) is 0 Å². The van der Waals surface area contributed by atoms with Crippen molar-refractivity contribution in [1.29, 1.82) is 0 Å². The van der Waals surface area contributed by atoms with Crippen LogP contribution in [-0.4, -0.2) is 20.0 Å². The fraction of sp³-hybridized carbons (Fsp3) is 0.300. The summed E-state index contributed by atoms with van der Waals surface area (Å²) in [5.41, 5.74) is 2.29. The lowest BCUT2D eigenvalue weighted by Crippen LogP contribution is -2.13. The summed E-state index contributed by atoms with van der Waals surface area (Å²) in [4.78, 5) is 0. The Labute approximate surface area is 148 Å². The summed E-state index contributed by atoms with van der Waals surface area (Å²) in [5.74, 6) is 3.11. The van der Waals surface area contributed by atoms with E-state index < -0.39 is 0 Å². The Morgan fingerprint density at radius 1 is 1.00 bits per heavy atom. The highest BCUT2D eigenvalue weighted by molar-refractivity contribution is 5.45. The molecule has 0 saturated carbocycles. The molecule has 0 amide bonds. The van der Waals surface area contributed by atoms with Crippen LogP contribution < -0.4 is 24.3 Å². The van der Waals surface area contributed by atoms with Crippen molar-refractivity contribution in [3.63, 3.8) is 0 Å². The average Bonchev–Trinajstić information content (AvgIpc) is 3.09. The first-order chi connectivity index (χ1) is 12.3. The van der Waals surface area contributed by atoms with Crippen molar-refractivity contribution in [3.8, 4) is 23.0 Å². The highest BCUT2D eigenvalue weighted by Gasteiger charge is 2.13. The lowest BCUT2D eigenvalue weighted by Gasteiger charge is -2.13. The molecule has 1 aliphatic rings. The molecule has 0 atom stereocenters. The molecule has 1 aliphatic heterocycles. The average molecular weight is 341 g/mol. The minimum atomic E-state index is 0.298. The second-order valence-corrected chi connectivity index (χ2v) is 5.60. The van der Waals surface area contributed by atoms with Crippen molar-refractivity contribution in [2.45, 2.75) is 20.0 Å². The molecule has 0 radical (unpaired) electrons. The van der Waals surface area contributed by atoms with Gasteiger partial charge in [0.1, 0.15) is 6.61 Å². The van der Waals surface area contributed by atoms with Crippen LogP contribution in [0, 0.1) is 0 Å². The van der Waals surface area contributed by atoms with Gasteiger partial charge >= 0.3 is 0 Å². The van der Waals surface area contributed by atoms with Crippen molar-refractivity contribution in [2.75, 3.05) is 20.0 Å². The van der Waals surface area contributed by atoms with Crippen LogP contribution in [0.3, 0.4) is 0 Å². The smallest absolute Gasteiger partial charge is 0.231 e. The van der Waals surface area contributed by atoms with E-state index >= 15 is 0 Å². The van der Waals surface area contributed by atoms with E-state index in [9.17, 15) is 0 Å². The molecule has 0 aliphatic carbocycles. The van der Waals surface area contributed by atoms with Gasteiger partial charge in [-0.25, -0.2) is 0 Å². The molecule has 0 spiro atoms. The Bertz CT molecular complexity index is 730. The van der Waals surface area contributed by atoms with Gasteiger partial charge in [-0.3, -0.25) is 0 Å². The molecule has 0 bridgehead atoms. The van der Waals surface area contributed by atoms with Gasteiger partial charge in [0, 0.05) is 13.1 Å². The molecule has 0 unspecified atom stereocenters. The predicted octanol–water partition coefficient (Wildman–Crippen LogP) is 3.67. The van der Waals surface area contributed by atoms with Crippen LogP contribution in [0.15, 0.2) is 49.1 Å². The number of fused-ring (bicyclic) bond motifs is 1. The minimum absolute atomic E-state index is 0.298. The lowest BCUT2D eigenvalue weighted by atomic mass is 10.1. The molecule has 3 rings (SSSR count). The molecule has 5 heteroatoms. The third-order valence-corrected chi connectivity index (χ3v) is 3.76. The van der Waals surface area contributed by atoms with E-state index in [2.05, 4.69) is 11.9 Å². The molecule has 0 saturated heterocycles. The van der Waals surface area contributed by atoms with E-state index in [-0.39, 0.29) is 0 Å². The van der Waals surface area contributed by atoms with Crippen LogP contribution in [0.1, 0.15) is 18.1 Å². The first-order valence-corrected chi connectivity index (χ1v) is 8.39. The van der Waals surface area contributed by atoms with E-state index in [0.29, 0.717) is 20.0 Å². The number of rotatable bonds is 9. The topological polar surface area (TPSA) is 49.0 Å². The zero-order valence-corrected chi connectivity index (χ0v) is 14.4. The molecule has 1 N–H and O–H groups in total. The molecule has 2 aromatic carbocycles. The second kappa shape index (κ2) is 8.44. The number of benzene rings is 2. The maximum atomic E-state index is 5.67. The fourth-order valence-corrected chi connectivity index (χ4v) is 2.60. The van der Waals surface area contributed by atoms with Gasteiger partial charge in [0.2, 0.25) is 6.79 Å². The predicted molar refractivity (Wildman–Crippen MR) is 96.4 cm³/mol. The van der Waals surface area contributed by atoms with Gasteiger partial charge in [0.05, 0.1) is 6.61 Å². The summed E-state index contributed by atoms with van der Waals surface area (Å²) >= 11 is 0. The van der Waals surface area contributed by atoms with Crippen molar-refractivity contribution >= 4 is 0 Å². The highest BCUT2D eigenvalue weighted by atomic mass is 16.7. The van der Waals surface area contributed by atoms with Crippen LogP contribution in [0.4, 0.5) is 0 Å². The first kappa shape index (κ1) is 17.2. The van der Waals surface area contributed by atoms with Crippen LogP contribution in [0.5, 0.6) is 23.0 Å². The van der Waals surface area contributed by atoms with E-state index in [0.717, 1.165) is 47.2 Å². The van der Waals surface area contributed by atoms with Gasteiger partial charge in [0.15, 0.2) is 23.0 Å². The molecular formula is C20H23NO4. The number of ether oxygens (including phenoxy) is 4. The maximum absolute atomic E-state index is 5.67. The van der Waals surface area contributed by atoms with Gasteiger partial charge in [-0.05, 0) is 42.3 Å². The molecule has 2 aromatic rings. The molecule has 0 aromatic heterocycles. The van der Waals surface area contributed by atoms with Crippen LogP contribution in [-0.2, 0) is 13.1 Å². The van der Waals surface area contributed by atoms with E-state index in [1.165, 1.54) is 0 Å². The standard InChI is InChI=1S/C20H23NO4/c1-3-9-23-17-7-5-15(10-19(17)22-4-2)12-21-13-16-6-8-18-20(11-16)25-14-24-18/h3,5-8,10-11,21H,1,4,9,12-14H2,2H3. The van der Waals surface area contributed by atoms with E-state index in [1.54, 1.807) is 6.08 Å². The second-order valence-electron chi connectivity index (χ2n) is 5.60. The van der Waals surface area contributed by atoms with Crippen LogP contribution >= 0.6 is 0 Å². The third-order valence-electron chi connectivity index (χ3n) is 3.76. The normalized spacial score (nSPS) is 12.0. The summed E-state index contributed by atoms with van der Waals surface area (Å²) in [6.07, 6.45) is 1.72. The summed E-state index contributed by atoms with van der Waals surface area (Å²) in [6.45, 7) is 8.46. The monoisotopic (exact) mass is 341 g/mol. The zero-order valence-electron chi connectivity index (χ0n) is 14.4. The fourth-order valence-electron chi connectivity index (χ4n) is 2.60. The number of nitrogens with one attached hydrogen (secondary N) is 1. The van der Waals surface area contributed by atoms with Crippen molar-refractivity contribution in [2.24, 2.45) is 0 Å². The quantitative estimate of drug-likeness (QED) is 0.705. The number of hydrogen-bond acceptors (Lipinski definition) is 5. The Kier molecular flexibility index (Phi) is 5.80. The SMILES string of the molecule is C=CCOc1ccc(CNCc2ccc3c(c2)OCO3)cc1OCC. The molecule has 5 nitrogen and oxygen atoms in total. The van der Waals surface area contributed by atoms with Crippen molar-refractivity contribution < 1.29 is 18.9 Å². The minimum Gasteiger partial charge on any atom is -0.490 e. The van der Waals surface area contributed by atoms with Gasteiger partial charge in [0.25, 0.3) is 0 Å². The van der Waals surface area contributed by atoms with E-state index in [1.807, 2.05) is 43.3 Å². The number of hydrogen-bond donors (Lipinski definition) is 1. The summed E-state index contributed by atoms with van der Waals surface area (Å²) in [5, 5.41) is 3.43. The molecule has 25 heavy (non-hydrogen) atoms. The third kappa shape index (κ3) is 4.45. The zero-order chi connectivity index (χ0) is 17.5. The Hall–Kier alpha value is -2.66. The Balaban J connectivity index is 1.58. The van der Waals surface area contributed by atoms with Gasteiger partial charge in [-0.2, -0.15) is 0 Å². The van der Waals surface area contributed by atoms with Crippen LogP contribution in [0.2, 0.25) is 0 Å². The maximum Gasteiger partial charge on any atom is 0.231 e. The van der Waals surface area contributed by atoms with Crippen molar-refractivity contribution in [3.05, 3.63) is 60.2 Å². The summed E-state index contributed by atoms with van der Waals surface area (Å²) in [7, 11) is 0. The Morgan fingerprint density at radius 3 is 2.56 bits per heavy atom. The largest absolute Gasteiger partial charge is 0.490 e. The molecule has 0 fully saturated rings. The lowest BCUT2D eigenvalue weighted by molar-refractivity contribution is 0.174.